The molecule has 2 fully saturated rings. The number of fused-ring (bicyclic) bond motifs is 5. The molecule has 0 unspecified atom stereocenters. The molecule has 0 aromatic carbocycles. The molecule has 4 aromatic heterocycles. The van der Waals surface area contributed by atoms with Gasteiger partial charge in [-0.3, -0.25) is 9.08 Å². The zero-order chi connectivity index (χ0) is 30.1. The van der Waals surface area contributed by atoms with Crippen LogP contribution in [0.2, 0.25) is 0 Å². The molecule has 4 aliphatic rings. The lowest BCUT2D eigenvalue weighted by Gasteiger charge is -2.43. The predicted octanol–water partition coefficient (Wildman–Crippen LogP) is 4.70. The first-order valence-corrected chi connectivity index (χ1v) is 16.2. The number of piperidine rings is 1. The Morgan fingerprint density at radius 1 is 1.09 bits per heavy atom. The number of hydrogen-bond acceptors (Lipinski definition) is 10. The third-order valence-corrected chi connectivity index (χ3v) is 10.4. The van der Waals surface area contributed by atoms with Crippen LogP contribution in [0.3, 0.4) is 0 Å². The summed E-state index contributed by atoms with van der Waals surface area (Å²) >= 11 is 1.63. The second-order valence-corrected chi connectivity index (χ2v) is 14.3. The minimum atomic E-state index is -0.563. The van der Waals surface area contributed by atoms with E-state index < -0.39 is 11.7 Å². The molecule has 13 heteroatoms. The lowest BCUT2D eigenvalue weighted by molar-refractivity contribution is 0.0423. The molecular formula is C31H37N9O3S. The lowest BCUT2D eigenvalue weighted by atomic mass is 9.73. The van der Waals surface area contributed by atoms with E-state index in [-0.39, 0.29) is 11.5 Å². The van der Waals surface area contributed by atoms with Crippen LogP contribution in [-0.4, -0.2) is 73.1 Å². The number of carbonyl (C=O) groups is 1. The smallest absolute Gasteiger partial charge is 0.408 e. The van der Waals surface area contributed by atoms with Crippen LogP contribution in [0.4, 0.5) is 16.6 Å². The molecule has 1 amide bonds. The number of hydrogen-bond donors (Lipinski definition) is 1. The Kier molecular flexibility index (Phi) is 6.44. The summed E-state index contributed by atoms with van der Waals surface area (Å²) in [6.07, 6.45) is 13.1. The van der Waals surface area contributed by atoms with E-state index in [1.807, 2.05) is 62.4 Å². The molecule has 4 aliphatic heterocycles. The van der Waals surface area contributed by atoms with E-state index >= 15 is 0 Å². The normalized spacial score (nSPS) is 22.1. The van der Waals surface area contributed by atoms with Crippen molar-refractivity contribution in [2.45, 2.75) is 80.5 Å². The van der Waals surface area contributed by atoms with Crippen molar-refractivity contribution in [2.24, 2.45) is 5.41 Å². The molecule has 0 bridgehead atoms. The van der Waals surface area contributed by atoms with Gasteiger partial charge in [-0.2, -0.15) is 5.10 Å². The van der Waals surface area contributed by atoms with Gasteiger partial charge in [0.1, 0.15) is 12.2 Å². The second kappa shape index (κ2) is 10.3. The number of imidazole rings is 1. The number of ether oxygens (including phenoxy) is 2. The van der Waals surface area contributed by atoms with Gasteiger partial charge in [0.05, 0.1) is 27.6 Å². The standard InChI is InChI=1S/C31H37N9O3S/c1-30(2,3)43-29(41)36-25-21-6-11-35-40(21)19-31(25)8-14-37(15-9-31)28-34-17-23(26-33-12-16-39(26)28)44-22-7-10-32-27-24(22)42-18-20-5-4-13-38(20)27/h6-7,10-12,16-17,20,25H,4-5,8-9,13-15,18-19H2,1-3H3,(H,36,41)/t20-,25+/m0/s1. The number of amides is 1. The molecule has 4 aromatic rings. The number of aromatic nitrogens is 6. The molecule has 0 saturated carbocycles. The van der Waals surface area contributed by atoms with Crippen LogP contribution in [0.1, 0.15) is 58.2 Å². The van der Waals surface area contributed by atoms with Gasteiger partial charge < -0.3 is 24.6 Å². The Bertz CT molecular complexity index is 1720. The number of alkyl carbamates (subject to hydrolysis) is 1. The zero-order valence-electron chi connectivity index (χ0n) is 25.3. The largest absolute Gasteiger partial charge is 0.486 e. The summed E-state index contributed by atoms with van der Waals surface area (Å²) in [5.41, 5.74) is 1.19. The van der Waals surface area contributed by atoms with Crippen LogP contribution >= 0.6 is 11.8 Å². The fourth-order valence-electron chi connectivity index (χ4n) is 7.29. The van der Waals surface area contributed by atoms with Crippen LogP contribution in [-0.2, 0) is 11.3 Å². The van der Waals surface area contributed by atoms with E-state index in [0.29, 0.717) is 12.6 Å². The Hall–Kier alpha value is -4.00. The average Bonchev–Trinajstić information content (AvgIpc) is 3.79. The number of carbonyl (C=O) groups excluding carboxylic acids is 1. The van der Waals surface area contributed by atoms with E-state index in [1.165, 1.54) is 6.42 Å². The van der Waals surface area contributed by atoms with E-state index in [1.54, 1.807) is 18.0 Å². The third-order valence-electron chi connectivity index (χ3n) is 9.34. The Balaban J connectivity index is 1.02. The van der Waals surface area contributed by atoms with Crippen LogP contribution in [0.5, 0.6) is 5.75 Å². The van der Waals surface area contributed by atoms with Crippen LogP contribution in [0.25, 0.3) is 5.65 Å². The highest BCUT2D eigenvalue weighted by molar-refractivity contribution is 7.99. The van der Waals surface area contributed by atoms with Gasteiger partial charge in [-0.25, -0.2) is 19.7 Å². The molecule has 0 radical (unpaired) electrons. The maximum atomic E-state index is 12.9. The first-order chi connectivity index (χ1) is 21.3. The Labute approximate surface area is 260 Å². The lowest BCUT2D eigenvalue weighted by Crippen LogP contribution is -2.48. The first-order valence-electron chi connectivity index (χ1n) is 15.4. The van der Waals surface area contributed by atoms with Crippen molar-refractivity contribution in [2.75, 3.05) is 36.0 Å². The zero-order valence-corrected chi connectivity index (χ0v) is 26.1. The number of pyridine rings is 1. The SMILES string of the molecule is CC(C)(C)OC(=O)N[C@@H]1c2ccnn2CC12CCN(c1ncc(Sc3ccnc4c3OC[C@@H]3CCCN43)c3nccn13)CC2. The fourth-order valence-corrected chi connectivity index (χ4v) is 8.25. The summed E-state index contributed by atoms with van der Waals surface area (Å²) in [4.78, 5) is 34.0. The summed E-state index contributed by atoms with van der Waals surface area (Å²) < 4.78 is 16.0. The van der Waals surface area contributed by atoms with Crippen molar-refractivity contribution in [3.8, 4) is 5.75 Å². The first kappa shape index (κ1) is 27.5. The molecule has 12 nitrogen and oxygen atoms in total. The quantitative estimate of drug-likeness (QED) is 0.347. The minimum Gasteiger partial charge on any atom is -0.486 e. The van der Waals surface area contributed by atoms with Crippen molar-refractivity contribution in [3.63, 3.8) is 0 Å². The van der Waals surface area contributed by atoms with Crippen LogP contribution < -0.4 is 19.9 Å². The van der Waals surface area contributed by atoms with Crippen LogP contribution in [0, 0.1) is 5.41 Å². The maximum absolute atomic E-state index is 12.9. The molecule has 8 rings (SSSR count). The van der Waals surface area contributed by atoms with E-state index in [0.717, 1.165) is 84.1 Å². The molecule has 8 heterocycles. The van der Waals surface area contributed by atoms with E-state index in [9.17, 15) is 4.79 Å². The third kappa shape index (κ3) is 4.63. The van der Waals surface area contributed by atoms with Crippen LogP contribution in [0.15, 0.2) is 52.9 Å². The van der Waals surface area contributed by atoms with E-state index in [2.05, 4.69) is 29.6 Å². The maximum Gasteiger partial charge on any atom is 0.408 e. The van der Waals surface area contributed by atoms with Crippen molar-refractivity contribution in [1.29, 1.82) is 0 Å². The monoisotopic (exact) mass is 615 g/mol. The topological polar surface area (TPSA) is 115 Å². The minimum absolute atomic E-state index is 0.143. The predicted molar refractivity (Wildman–Crippen MR) is 165 cm³/mol. The summed E-state index contributed by atoms with van der Waals surface area (Å²) in [5, 5.41) is 7.74. The highest BCUT2D eigenvalue weighted by Gasteiger charge is 2.50. The van der Waals surface area contributed by atoms with Gasteiger partial charge in [-0.05, 0) is 58.6 Å². The average molecular weight is 616 g/mol. The summed E-state index contributed by atoms with van der Waals surface area (Å²) in [6, 6.07) is 4.29. The van der Waals surface area contributed by atoms with Gasteiger partial charge in [0, 0.05) is 62.6 Å². The van der Waals surface area contributed by atoms with Gasteiger partial charge in [-0.15, -0.1) is 0 Å². The van der Waals surface area contributed by atoms with Gasteiger partial charge in [0.25, 0.3) is 0 Å². The van der Waals surface area contributed by atoms with E-state index in [4.69, 9.17) is 19.4 Å². The number of nitrogens with zero attached hydrogens (tertiary/aromatic N) is 8. The molecule has 44 heavy (non-hydrogen) atoms. The summed E-state index contributed by atoms with van der Waals surface area (Å²) in [5.74, 6) is 2.68. The number of nitrogens with one attached hydrogen (secondary N) is 1. The van der Waals surface area contributed by atoms with Gasteiger partial charge in [-0.1, -0.05) is 11.8 Å². The van der Waals surface area contributed by atoms with Gasteiger partial charge >= 0.3 is 6.09 Å². The molecule has 2 saturated heterocycles. The molecular weight excluding hydrogens is 578 g/mol. The summed E-state index contributed by atoms with van der Waals surface area (Å²) in [7, 11) is 0. The van der Waals surface area contributed by atoms with Gasteiger partial charge in [0.2, 0.25) is 5.95 Å². The molecule has 1 N–H and O–H groups in total. The molecule has 2 atom stereocenters. The van der Waals surface area contributed by atoms with Crippen molar-refractivity contribution >= 4 is 35.3 Å². The second-order valence-electron chi connectivity index (χ2n) is 13.3. The van der Waals surface area contributed by atoms with Gasteiger partial charge in [0.15, 0.2) is 17.2 Å². The number of rotatable bonds is 4. The van der Waals surface area contributed by atoms with Crippen molar-refractivity contribution in [3.05, 3.63) is 48.8 Å². The Morgan fingerprint density at radius 3 is 2.80 bits per heavy atom. The van der Waals surface area contributed by atoms with Crippen molar-refractivity contribution in [1.82, 2.24) is 34.4 Å². The molecule has 1 spiro atoms. The number of anilines is 2. The van der Waals surface area contributed by atoms with Crippen molar-refractivity contribution < 1.29 is 14.3 Å². The fraction of sp³-hybridized carbons (Fsp3) is 0.516. The molecule has 230 valence electrons. The highest BCUT2D eigenvalue weighted by atomic mass is 32.2. The Morgan fingerprint density at radius 2 is 1.95 bits per heavy atom. The molecule has 0 aliphatic carbocycles. The summed E-state index contributed by atoms with van der Waals surface area (Å²) in [6.45, 7) is 9.75. The highest BCUT2D eigenvalue weighted by Crippen LogP contribution is 2.50.